The van der Waals surface area contributed by atoms with Crippen molar-refractivity contribution in [3.8, 4) is 0 Å². The highest BCUT2D eigenvalue weighted by atomic mass is 32.1. The fraction of sp³-hybridized carbons (Fsp3) is 0.538. The second-order valence-electron chi connectivity index (χ2n) is 5.88. The third-order valence-corrected chi connectivity index (χ3v) is 4.80. The first kappa shape index (κ1) is 13.0. The third kappa shape index (κ3) is 2.08. The fourth-order valence-corrected chi connectivity index (χ4v) is 2.81. The molecule has 0 spiro atoms. The van der Waals surface area contributed by atoms with E-state index in [0.717, 1.165) is 20.9 Å². The van der Waals surface area contributed by atoms with Gasteiger partial charge in [0.05, 0.1) is 26.5 Å². The monoisotopic (exact) mass is 276 g/mol. The minimum absolute atomic E-state index is 0.341. The smallest absolute Gasteiger partial charge is 0.398 e. The van der Waals surface area contributed by atoms with Gasteiger partial charge in [-0.1, -0.05) is 0 Å². The molecule has 2 aromatic heterocycles. The van der Waals surface area contributed by atoms with E-state index in [1.54, 1.807) is 11.3 Å². The number of thiazole rings is 1. The Morgan fingerprint density at radius 2 is 1.68 bits per heavy atom. The SMILES string of the molecule is Cc1nc2nc(B3OC(C)(C)C(C)(C)O3)ccc2s1. The van der Waals surface area contributed by atoms with Crippen LogP contribution in [0.5, 0.6) is 0 Å². The number of fused-ring (bicyclic) bond motifs is 1. The Morgan fingerprint density at radius 3 is 2.32 bits per heavy atom. The van der Waals surface area contributed by atoms with Gasteiger partial charge in [-0.2, -0.15) is 0 Å². The van der Waals surface area contributed by atoms with Crippen LogP contribution in [0.2, 0.25) is 0 Å². The fourth-order valence-electron chi connectivity index (χ4n) is 2.04. The molecule has 0 N–H and O–H groups in total. The van der Waals surface area contributed by atoms with Crippen LogP contribution in [-0.4, -0.2) is 28.3 Å². The number of hydrogen-bond acceptors (Lipinski definition) is 5. The first-order chi connectivity index (χ1) is 8.78. The minimum atomic E-state index is -0.420. The average Bonchev–Trinajstić information content (AvgIpc) is 2.74. The van der Waals surface area contributed by atoms with E-state index >= 15 is 0 Å². The Balaban J connectivity index is 1.97. The Labute approximate surface area is 117 Å². The number of aryl methyl sites for hydroxylation is 1. The summed E-state index contributed by atoms with van der Waals surface area (Å²) in [6.07, 6.45) is 0. The number of nitrogens with zero attached hydrogens (tertiary/aromatic N) is 2. The molecule has 4 nitrogen and oxygen atoms in total. The zero-order chi connectivity index (χ0) is 13.8. The van der Waals surface area contributed by atoms with Crippen LogP contribution in [0, 0.1) is 6.92 Å². The van der Waals surface area contributed by atoms with Crippen molar-refractivity contribution in [3.05, 3.63) is 17.1 Å². The molecule has 1 fully saturated rings. The van der Waals surface area contributed by atoms with Gasteiger partial charge in [-0.25, -0.2) is 9.97 Å². The summed E-state index contributed by atoms with van der Waals surface area (Å²) >= 11 is 1.65. The molecule has 1 saturated heterocycles. The minimum Gasteiger partial charge on any atom is -0.398 e. The summed E-state index contributed by atoms with van der Waals surface area (Å²) in [6.45, 7) is 10.1. The molecule has 3 rings (SSSR count). The van der Waals surface area contributed by atoms with E-state index in [4.69, 9.17) is 9.31 Å². The topological polar surface area (TPSA) is 44.2 Å². The summed E-state index contributed by atoms with van der Waals surface area (Å²) in [5.41, 5.74) is 0.879. The van der Waals surface area contributed by atoms with Crippen LogP contribution in [0.4, 0.5) is 0 Å². The van der Waals surface area contributed by atoms with Gasteiger partial charge in [0.1, 0.15) is 0 Å². The molecule has 0 amide bonds. The number of pyridine rings is 1. The van der Waals surface area contributed by atoms with Gasteiger partial charge in [0.15, 0.2) is 5.65 Å². The van der Waals surface area contributed by atoms with Gasteiger partial charge in [0, 0.05) is 0 Å². The van der Waals surface area contributed by atoms with E-state index < -0.39 is 7.12 Å². The zero-order valence-electron chi connectivity index (χ0n) is 11.9. The van der Waals surface area contributed by atoms with Crippen molar-refractivity contribution < 1.29 is 9.31 Å². The van der Waals surface area contributed by atoms with Crippen molar-refractivity contribution >= 4 is 34.4 Å². The average molecular weight is 276 g/mol. The molecular weight excluding hydrogens is 259 g/mol. The number of aromatic nitrogens is 2. The maximum Gasteiger partial charge on any atom is 0.514 e. The molecule has 100 valence electrons. The Hall–Kier alpha value is -0.975. The van der Waals surface area contributed by atoms with Gasteiger partial charge >= 0.3 is 7.12 Å². The molecule has 3 heterocycles. The van der Waals surface area contributed by atoms with Crippen LogP contribution >= 0.6 is 11.3 Å². The maximum absolute atomic E-state index is 6.00. The molecule has 1 aliphatic heterocycles. The summed E-state index contributed by atoms with van der Waals surface area (Å²) in [7, 11) is -0.420. The first-order valence-corrected chi connectivity index (χ1v) is 7.20. The number of rotatable bonds is 1. The van der Waals surface area contributed by atoms with Gasteiger partial charge in [0.25, 0.3) is 0 Å². The molecule has 1 aliphatic rings. The van der Waals surface area contributed by atoms with Crippen molar-refractivity contribution in [2.24, 2.45) is 0 Å². The van der Waals surface area contributed by atoms with E-state index in [0.29, 0.717) is 0 Å². The van der Waals surface area contributed by atoms with E-state index in [9.17, 15) is 0 Å². The highest BCUT2D eigenvalue weighted by Crippen LogP contribution is 2.36. The van der Waals surface area contributed by atoms with Gasteiger partial charge in [-0.05, 0) is 46.8 Å². The van der Waals surface area contributed by atoms with E-state index in [-0.39, 0.29) is 11.2 Å². The molecule has 0 bridgehead atoms. The zero-order valence-corrected chi connectivity index (χ0v) is 12.7. The molecule has 0 saturated carbocycles. The molecule has 0 radical (unpaired) electrons. The summed E-state index contributed by atoms with van der Waals surface area (Å²) in [6, 6.07) is 4.00. The van der Waals surface area contributed by atoms with Crippen LogP contribution in [0.1, 0.15) is 32.7 Å². The predicted molar refractivity (Wildman–Crippen MR) is 77.9 cm³/mol. The van der Waals surface area contributed by atoms with Crippen molar-refractivity contribution in [1.82, 2.24) is 9.97 Å². The van der Waals surface area contributed by atoms with E-state index in [1.807, 2.05) is 46.8 Å². The summed E-state index contributed by atoms with van der Waals surface area (Å²) < 4.78 is 13.1. The van der Waals surface area contributed by atoms with Crippen molar-refractivity contribution in [2.75, 3.05) is 0 Å². The van der Waals surface area contributed by atoms with Gasteiger partial charge in [-0.15, -0.1) is 11.3 Å². The standard InChI is InChI=1S/C13H17BN2O2S/c1-8-15-11-9(19-8)6-7-10(16-11)14-17-12(2,3)13(4,5)18-14/h6-7H,1-5H3. The predicted octanol–water partition coefficient (Wildman–Crippen LogP) is 2.30. The molecule has 2 aromatic rings. The molecule has 19 heavy (non-hydrogen) atoms. The van der Waals surface area contributed by atoms with Gasteiger partial charge in [-0.3, -0.25) is 0 Å². The molecule has 0 atom stereocenters. The summed E-state index contributed by atoms with van der Waals surface area (Å²) in [4.78, 5) is 8.97. The quantitative estimate of drug-likeness (QED) is 0.750. The van der Waals surface area contributed by atoms with Crippen molar-refractivity contribution in [2.45, 2.75) is 45.8 Å². The van der Waals surface area contributed by atoms with Crippen molar-refractivity contribution in [1.29, 1.82) is 0 Å². The number of hydrogen-bond donors (Lipinski definition) is 0. The first-order valence-electron chi connectivity index (χ1n) is 6.38. The van der Waals surface area contributed by atoms with Crippen LogP contribution in [0.15, 0.2) is 12.1 Å². The summed E-state index contributed by atoms with van der Waals surface area (Å²) in [5, 5.41) is 1.02. The lowest BCUT2D eigenvalue weighted by molar-refractivity contribution is 0.00578. The van der Waals surface area contributed by atoms with Gasteiger partial charge in [0.2, 0.25) is 0 Å². The molecule has 0 aromatic carbocycles. The summed E-state index contributed by atoms with van der Waals surface area (Å²) in [5.74, 6) is 0. The Morgan fingerprint density at radius 1 is 1.05 bits per heavy atom. The van der Waals surface area contributed by atoms with Crippen LogP contribution < -0.4 is 5.59 Å². The van der Waals surface area contributed by atoms with Crippen molar-refractivity contribution in [3.63, 3.8) is 0 Å². The Bertz CT molecular complexity index is 623. The molecule has 6 heteroatoms. The van der Waals surface area contributed by atoms with Crippen LogP contribution in [0.3, 0.4) is 0 Å². The highest BCUT2D eigenvalue weighted by Gasteiger charge is 2.52. The maximum atomic E-state index is 6.00. The Kier molecular flexibility index (Phi) is 2.75. The lowest BCUT2D eigenvalue weighted by Crippen LogP contribution is -2.41. The van der Waals surface area contributed by atoms with Crippen LogP contribution in [-0.2, 0) is 9.31 Å². The van der Waals surface area contributed by atoms with Crippen LogP contribution in [0.25, 0.3) is 10.3 Å². The lowest BCUT2D eigenvalue weighted by Gasteiger charge is -2.32. The normalized spacial score (nSPS) is 21.2. The van der Waals surface area contributed by atoms with E-state index in [1.165, 1.54) is 0 Å². The lowest BCUT2D eigenvalue weighted by atomic mass is 9.84. The molecule has 0 aliphatic carbocycles. The second kappa shape index (κ2) is 4.01. The second-order valence-corrected chi connectivity index (χ2v) is 7.11. The largest absolute Gasteiger partial charge is 0.514 e. The highest BCUT2D eigenvalue weighted by molar-refractivity contribution is 7.18. The van der Waals surface area contributed by atoms with E-state index in [2.05, 4.69) is 9.97 Å². The molecule has 0 unspecified atom stereocenters. The molecular formula is C13H17BN2O2S. The third-order valence-electron chi connectivity index (χ3n) is 3.88. The van der Waals surface area contributed by atoms with Gasteiger partial charge < -0.3 is 9.31 Å².